The minimum Gasteiger partial charge on any atom is -0.339 e. The van der Waals surface area contributed by atoms with Gasteiger partial charge >= 0.3 is 0 Å². The molecule has 0 fully saturated rings. The van der Waals surface area contributed by atoms with Gasteiger partial charge in [-0.1, -0.05) is 18.2 Å². The van der Waals surface area contributed by atoms with Crippen molar-refractivity contribution in [2.75, 3.05) is 7.05 Å². The number of imide groups is 1. The van der Waals surface area contributed by atoms with E-state index in [1.165, 1.54) is 4.90 Å². The average molecular weight is 304 g/mol. The lowest BCUT2D eigenvalue weighted by molar-refractivity contribution is -0.125. The number of aldehydes is 1. The van der Waals surface area contributed by atoms with Crippen LogP contribution in [-0.4, -0.2) is 42.5 Å². The Kier molecular flexibility index (Phi) is 6.44. The monoisotopic (exact) mass is 304 g/mol. The van der Waals surface area contributed by atoms with Gasteiger partial charge in [-0.3, -0.25) is 24.5 Å². The van der Waals surface area contributed by atoms with Gasteiger partial charge in [0.1, 0.15) is 0 Å². The van der Waals surface area contributed by atoms with Crippen molar-refractivity contribution >= 4 is 24.5 Å². The zero-order valence-corrected chi connectivity index (χ0v) is 13.0. The summed E-state index contributed by atoms with van der Waals surface area (Å²) in [6.07, 6.45) is 1.57. The molecule has 118 valence electrons. The fourth-order valence-corrected chi connectivity index (χ4v) is 2.13. The first-order valence-electron chi connectivity index (χ1n) is 6.97. The molecule has 1 unspecified atom stereocenters. The van der Waals surface area contributed by atoms with Crippen LogP contribution < -0.4 is 5.32 Å². The van der Waals surface area contributed by atoms with Crippen LogP contribution in [0.15, 0.2) is 18.2 Å². The van der Waals surface area contributed by atoms with E-state index in [2.05, 4.69) is 5.32 Å². The number of aryl methyl sites for hydroxylation is 1. The van der Waals surface area contributed by atoms with Crippen molar-refractivity contribution in [3.8, 4) is 0 Å². The van der Waals surface area contributed by atoms with Crippen molar-refractivity contribution in [3.05, 3.63) is 34.9 Å². The summed E-state index contributed by atoms with van der Waals surface area (Å²) in [6.45, 7) is 3.58. The fourth-order valence-electron chi connectivity index (χ4n) is 2.13. The molecule has 1 aromatic rings. The summed E-state index contributed by atoms with van der Waals surface area (Å²) in [5.74, 6) is -0.643. The third-order valence-corrected chi connectivity index (χ3v) is 3.64. The van der Waals surface area contributed by atoms with E-state index in [0.29, 0.717) is 30.2 Å². The SMILES string of the molecule is Cc1cccc(C=O)c1C(=O)N(C)C(C)CCC(=O)NC=O. The van der Waals surface area contributed by atoms with Crippen molar-refractivity contribution in [3.63, 3.8) is 0 Å². The van der Waals surface area contributed by atoms with Crippen LogP contribution in [0.3, 0.4) is 0 Å². The molecule has 0 radical (unpaired) electrons. The van der Waals surface area contributed by atoms with Crippen molar-refractivity contribution in [1.29, 1.82) is 0 Å². The number of hydrogen-bond acceptors (Lipinski definition) is 4. The lowest BCUT2D eigenvalue weighted by atomic mass is 10.0. The van der Waals surface area contributed by atoms with Crippen LogP contribution in [0.25, 0.3) is 0 Å². The molecule has 1 aromatic carbocycles. The molecule has 6 heteroatoms. The fraction of sp³-hybridized carbons (Fsp3) is 0.375. The quantitative estimate of drug-likeness (QED) is 0.770. The van der Waals surface area contributed by atoms with Crippen LogP contribution in [0.1, 0.15) is 46.0 Å². The third-order valence-electron chi connectivity index (χ3n) is 3.64. The highest BCUT2D eigenvalue weighted by Crippen LogP contribution is 2.17. The molecular formula is C16H20N2O4. The Morgan fingerprint density at radius 2 is 2.00 bits per heavy atom. The molecule has 0 saturated heterocycles. The van der Waals surface area contributed by atoms with E-state index >= 15 is 0 Å². The molecule has 0 aliphatic carbocycles. The van der Waals surface area contributed by atoms with Gasteiger partial charge in [-0.25, -0.2) is 0 Å². The molecule has 1 atom stereocenters. The van der Waals surface area contributed by atoms with Gasteiger partial charge in [0.15, 0.2) is 6.29 Å². The molecule has 1 rings (SSSR count). The minimum atomic E-state index is -0.382. The van der Waals surface area contributed by atoms with Gasteiger partial charge < -0.3 is 4.90 Å². The zero-order valence-electron chi connectivity index (χ0n) is 13.0. The second-order valence-corrected chi connectivity index (χ2v) is 5.15. The van der Waals surface area contributed by atoms with Crippen LogP contribution >= 0.6 is 0 Å². The number of nitrogens with zero attached hydrogens (tertiary/aromatic N) is 1. The number of nitrogens with one attached hydrogen (secondary N) is 1. The summed E-state index contributed by atoms with van der Waals surface area (Å²) in [6, 6.07) is 4.90. The first kappa shape index (κ1) is 17.6. The first-order chi connectivity index (χ1) is 10.4. The normalized spacial score (nSPS) is 11.4. The van der Waals surface area contributed by atoms with Crippen LogP contribution in [-0.2, 0) is 9.59 Å². The highest BCUT2D eigenvalue weighted by Gasteiger charge is 2.22. The molecule has 1 N–H and O–H groups in total. The number of carbonyl (C=O) groups is 4. The van der Waals surface area contributed by atoms with Crippen molar-refractivity contribution in [2.45, 2.75) is 32.7 Å². The van der Waals surface area contributed by atoms with E-state index in [0.717, 1.165) is 5.56 Å². The summed E-state index contributed by atoms with van der Waals surface area (Å²) in [5, 5.41) is 2.06. The van der Waals surface area contributed by atoms with Gasteiger partial charge in [0.25, 0.3) is 5.91 Å². The standard InChI is InChI=1S/C16H20N2O4/c1-11-5-4-6-13(9-19)15(11)16(22)18(3)12(2)7-8-14(21)17-10-20/h4-6,9-10,12H,7-8H2,1-3H3,(H,17,20,21). The van der Waals surface area contributed by atoms with Crippen molar-refractivity contribution in [2.24, 2.45) is 0 Å². The van der Waals surface area contributed by atoms with Crippen molar-refractivity contribution in [1.82, 2.24) is 10.2 Å². The third kappa shape index (κ3) is 4.25. The predicted molar refractivity (Wildman–Crippen MR) is 81.6 cm³/mol. The summed E-state index contributed by atoms with van der Waals surface area (Å²) in [7, 11) is 1.63. The lowest BCUT2D eigenvalue weighted by Gasteiger charge is -2.26. The lowest BCUT2D eigenvalue weighted by Crippen LogP contribution is -2.37. The molecule has 0 aromatic heterocycles. The van der Waals surface area contributed by atoms with Gasteiger partial charge in [0.05, 0.1) is 5.56 Å². The Hall–Kier alpha value is -2.50. The first-order valence-corrected chi connectivity index (χ1v) is 6.97. The maximum Gasteiger partial charge on any atom is 0.254 e. The molecule has 22 heavy (non-hydrogen) atoms. The second-order valence-electron chi connectivity index (χ2n) is 5.15. The predicted octanol–water partition coefficient (Wildman–Crippen LogP) is 1.32. The van der Waals surface area contributed by atoms with E-state index < -0.39 is 0 Å². The zero-order chi connectivity index (χ0) is 16.7. The number of amides is 3. The molecule has 0 heterocycles. The van der Waals surface area contributed by atoms with E-state index in [1.54, 1.807) is 32.2 Å². The summed E-state index contributed by atoms with van der Waals surface area (Å²) in [4.78, 5) is 46.6. The van der Waals surface area contributed by atoms with Crippen LogP contribution in [0.2, 0.25) is 0 Å². The molecule has 3 amide bonds. The average Bonchev–Trinajstić information content (AvgIpc) is 2.51. The van der Waals surface area contributed by atoms with E-state index in [-0.39, 0.29) is 24.3 Å². The molecule has 6 nitrogen and oxygen atoms in total. The van der Waals surface area contributed by atoms with E-state index in [9.17, 15) is 19.2 Å². The smallest absolute Gasteiger partial charge is 0.254 e. The van der Waals surface area contributed by atoms with Gasteiger partial charge in [-0.2, -0.15) is 0 Å². The Bertz CT molecular complexity index is 584. The Morgan fingerprint density at radius 1 is 1.32 bits per heavy atom. The van der Waals surface area contributed by atoms with Crippen LogP contribution in [0.5, 0.6) is 0 Å². The van der Waals surface area contributed by atoms with Gasteiger partial charge in [0, 0.05) is 25.1 Å². The van der Waals surface area contributed by atoms with E-state index in [4.69, 9.17) is 0 Å². The number of hydrogen-bond donors (Lipinski definition) is 1. The maximum atomic E-state index is 12.6. The molecular weight excluding hydrogens is 284 g/mol. The van der Waals surface area contributed by atoms with Crippen molar-refractivity contribution < 1.29 is 19.2 Å². The molecule has 0 saturated carbocycles. The molecule has 0 spiro atoms. The Morgan fingerprint density at radius 3 is 2.59 bits per heavy atom. The second kappa shape index (κ2) is 8.07. The molecule has 0 bridgehead atoms. The van der Waals surface area contributed by atoms with E-state index in [1.807, 2.05) is 6.92 Å². The number of carbonyl (C=O) groups excluding carboxylic acids is 4. The van der Waals surface area contributed by atoms with Crippen LogP contribution in [0.4, 0.5) is 0 Å². The molecule has 0 aliphatic heterocycles. The van der Waals surface area contributed by atoms with Gasteiger partial charge in [-0.15, -0.1) is 0 Å². The van der Waals surface area contributed by atoms with Gasteiger partial charge in [-0.05, 0) is 25.8 Å². The highest BCUT2D eigenvalue weighted by molar-refractivity contribution is 6.02. The molecule has 0 aliphatic rings. The maximum absolute atomic E-state index is 12.6. The Labute approximate surface area is 129 Å². The number of benzene rings is 1. The minimum absolute atomic E-state index is 0.145. The highest BCUT2D eigenvalue weighted by atomic mass is 16.2. The number of rotatable bonds is 7. The largest absolute Gasteiger partial charge is 0.339 e. The summed E-state index contributed by atoms with van der Waals surface area (Å²) >= 11 is 0. The van der Waals surface area contributed by atoms with Gasteiger partial charge in [0.2, 0.25) is 12.3 Å². The topological polar surface area (TPSA) is 83.6 Å². The summed E-state index contributed by atoms with van der Waals surface area (Å²) < 4.78 is 0. The summed E-state index contributed by atoms with van der Waals surface area (Å²) in [5.41, 5.74) is 1.46. The Balaban J connectivity index is 2.82. The van der Waals surface area contributed by atoms with Crippen LogP contribution in [0, 0.1) is 6.92 Å².